The molecule has 0 aromatic heterocycles. The molecule has 1 amide bonds. The predicted octanol–water partition coefficient (Wildman–Crippen LogP) is 3.93. The molecule has 0 spiro atoms. The van der Waals surface area contributed by atoms with Gasteiger partial charge in [-0.15, -0.1) is 0 Å². The van der Waals surface area contributed by atoms with Crippen LogP contribution in [0.1, 0.15) is 25.3 Å². The molecule has 34 heavy (non-hydrogen) atoms. The minimum absolute atomic E-state index is 0.141. The van der Waals surface area contributed by atoms with E-state index in [1.54, 1.807) is 42.5 Å². The van der Waals surface area contributed by atoms with Gasteiger partial charge in [-0.05, 0) is 41.5 Å². The van der Waals surface area contributed by atoms with Crippen LogP contribution in [0.25, 0.3) is 11.1 Å². The Morgan fingerprint density at radius 1 is 1.24 bits per heavy atom. The van der Waals surface area contributed by atoms with Gasteiger partial charge in [0.05, 0.1) is 12.6 Å². The second-order valence-electron chi connectivity index (χ2n) is 8.67. The van der Waals surface area contributed by atoms with Crippen LogP contribution in [-0.4, -0.2) is 58.4 Å². The van der Waals surface area contributed by atoms with Crippen LogP contribution >= 0.6 is 0 Å². The standard InChI is InChI=1S/C24H27F3N2O4S/c1-2-34(31,32)28-22-19(29(15-24(22,26)27)23(30)20-12-7-13-33-20)14-17-10-6-11-18(21(17)25)16-8-4-3-5-9-16/h3-6,8-11,19-20,22H,2,7,12-15H2,1H3,(H-,28,31,32)/p+1/t19-,20+,22+/m0/s1. The average molecular weight is 498 g/mol. The van der Waals surface area contributed by atoms with E-state index in [9.17, 15) is 13.6 Å². The van der Waals surface area contributed by atoms with Crippen molar-refractivity contribution < 1.29 is 31.5 Å². The van der Waals surface area contributed by atoms with E-state index in [2.05, 4.69) is 4.72 Å². The molecule has 2 aromatic rings. The molecule has 2 aliphatic rings. The van der Waals surface area contributed by atoms with Crippen LogP contribution in [0, 0.1) is 5.82 Å². The summed E-state index contributed by atoms with van der Waals surface area (Å²) in [5.74, 6) is -4.96. The van der Waals surface area contributed by atoms with Crippen LogP contribution < -0.4 is 4.72 Å². The highest BCUT2D eigenvalue weighted by atomic mass is 32.3. The van der Waals surface area contributed by atoms with Crippen molar-refractivity contribution in [2.45, 2.75) is 50.3 Å². The molecule has 0 radical (unpaired) electrons. The number of carbonyl (C=O) groups excluding carboxylic acids is 1. The number of hydrogen-bond acceptors (Lipinski definition) is 3. The number of nitrogens with zero attached hydrogens (tertiary/aromatic N) is 1. The van der Waals surface area contributed by atoms with Crippen LogP contribution in [0.15, 0.2) is 48.5 Å². The van der Waals surface area contributed by atoms with E-state index in [-0.39, 0.29) is 17.7 Å². The highest BCUT2D eigenvalue weighted by Gasteiger charge is 2.59. The van der Waals surface area contributed by atoms with E-state index in [4.69, 9.17) is 4.74 Å². The summed E-state index contributed by atoms with van der Waals surface area (Å²) in [5, 5.41) is 0. The first-order valence-electron chi connectivity index (χ1n) is 11.3. The smallest absolute Gasteiger partial charge is 0.288 e. The lowest BCUT2D eigenvalue weighted by atomic mass is 9.95. The van der Waals surface area contributed by atoms with Crippen LogP contribution in [-0.2, 0) is 30.6 Å². The molecule has 0 saturated carbocycles. The normalized spacial score (nSPS) is 25.9. The number of nitrogens with one attached hydrogen (secondary N) is 1. The summed E-state index contributed by atoms with van der Waals surface area (Å²) in [6.45, 7) is 0.823. The Balaban J connectivity index is 1.71. The highest BCUT2D eigenvalue weighted by Crippen LogP contribution is 2.37. The number of likely N-dealkylation sites (tertiary alicyclic amines) is 1. The molecule has 6 nitrogen and oxygen atoms in total. The van der Waals surface area contributed by atoms with Crippen molar-refractivity contribution in [1.29, 1.82) is 0 Å². The zero-order chi connectivity index (χ0) is 24.5. The number of ether oxygens (including phenoxy) is 1. The quantitative estimate of drug-likeness (QED) is 0.569. The molecule has 1 unspecified atom stereocenters. The maximum Gasteiger partial charge on any atom is 0.288 e. The van der Waals surface area contributed by atoms with E-state index in [0.717, 1.165) is 4.90 Å². The van der Waals surface area contributed by atoms with Crippen molar-refractivity contribution in [3.05, 3.63) is 59.9 Å². The first-order chi connectivity index (χ1) is 16.1. The van der Waals surface area contributed by atoms with Crippen molar-refractivity contribution in [1.82, 2.24) is 9.62 Å². The molecular formula is C24H28F3N2O4S+. The maximum atomic E-state index is 15.5. The fourth-order valence-corrected chi connectivity index (χ4v) is 5.47. The topological polar surface area (TPSA) is 78.9 Å². The highest BCUT2D eigenvalue weighted by molar-refractivity contribution is 7.95. The largest absolute Gasteiger partial charge is 0.368 e. The Hall–Kier alpha value is -2.27. The first kappa shape index (κ1) is 24.8. The van der Waals surface area contributed by atoms with Crippen molar-refractivity contribution in [3.8, 4) is 11.1 Å². The molecule has 2 N–H and O–H groups in total. The van der Waals surface area contributed by atoms with Gasteiger partial charge in [0.1, 0.15) is 18.0 Å². The SMILES string of the molecule is CC[S+](=O)(O)N[C@@H]1[C@H](Cc2cccc(-c3ccccc3)c2F)N(C(=O)[C@H]2CCCO2)CC1(F)F. The summed E-state index contributed by atoms with van der Waals surface area (Å²) >= 11 is 0. The zero-order valence-electron chi connectivity index (χ0n) is 18.8. The number of halogens is 3. The molecule has 4 rings (SSSR count). The zero-order valence-corrected chi connectivity index (χ0v) is 19.6. The molecule has 2 fully saturated rings. The summed E-state index contributed by atoms with van der Waals surface area (Å²) in [5.41, 5.74) is 1.08. The van der Waals surface area contributed by atoms with E-state index >= 15 is 13.2 Å². The number of rotatable bonds is 7. The van der Waals surface area contributed by atoms with Crippen molar-refractivity contribution in [3.63, 3.8) is 0 Å². The summed E-state index contributed by atoms with van der Waals surface area (Å²) in [7, 11) is -3.77. The summed E-state index contributed by atoms with van der Waals surface area (Å²) in [6, 6.07) is 10.5. The van der Waals surface area contributed by atoms with E-state index in [1.165, 1.54) is 13.0 Å². The average Bonchev–Trinajstić information content (AvgIpc) is 3.43. The predicted molar refractivity (Wildman–Crippen MR) is 123 cm³/mol. The van der Waals surface area contributed by atoms with Gasteiger partial charge in [-0.2, -0.15) is 4.55 Å². The number of alkyl halides is 2. The molecule has 2 heterocycles. The molecule has 4 atom stereocenters. The number of hydrogen-bond donors (Lipinski definition) is 2. The molecular weight excluding hydrogens is 469 g/mol. The van der Waals surface area contributed by atoms with Gasteiger partial charge in [-0.3, -0.25) is 4.79 Å². The van der Waals surface area contributed by atoms with Crippen LogP contribution in [0.4, 0.5) is 13.2 Å². The third kappa shape index (κ3) is 5.05. The fraction of sp³-hybridized carbons (Fsp3) is 0.458. The van der Waals surface area contributed by atoms with Gasteiger partial charge in [0, 0.05) is 12.2 Å². The van der Waals surface area contributed by atoms with Gasteiger partial charge in [-0.25, -0.2) is 13.2 Å². The van der Waals surface area contributed by atoms with E-state index in [1.807, 2.05) is 0 Å². The Kier molecular flexibility index (Phi) is 7.14. The van der Waals surface area contributed by atoms with E-state index in [0.29, 0.717) is 30.6 Å². The monoisotopic (exact) mass is 497 g/mol. The number of benzene rings is 2. The van der Waals surface area contributed by atoms with Crippen molar-refractivity contribution in [2.75, 3.05) is 18.9 Å². The minimum atomic E-state index is -3.77. The summed E-state index contributed by atoms with van der Waals surface area (Å²) < 4.78 is 75.8. The van der Waals surface area contributed by atoms with Gasteiger partial charge in [0.2, 0.25) is 0 Å². The van der Waals surface area contributed by atoms with Crippen LogP contribution in [0.3, 0.4) is 0 Å². The van der Waals surface area contributed by atoms with Gasteiger partial charge in [0.15, 0.2) is 5.75 Å². The van der Waals surface area contributed by atoms with Gasteiger partial charge >= 0.3 is 0 Å². The van der Waals surface area contributed by atoms with E-state index < -0.39 is 52.8 Å². The Bertz CT molecular complexity index is 1080. The van der Waals surface area contributed by atoms with Gasteiger partial charge in [0.25, 0.3) is 22.2 Å². The van der Waals surface area contributed by atoms with Crippen molar-refractivity contribution >= 4 is 16.3 Å². The fourth-order valence-electron chi connectivity index (χ4n) is 4.58. The Labute approximate surface area is 197 Å². The number of carbonyl (C=O) groups is 1. The molecule has 2 saturated heterocycles. The summed E-state index contributed by atoms with van der Waals surface area (Å²) in [4.78, 5) is 14.1. The van der Waals surface area contributed by atoms with Crippen LogP contribution in [0.2, 0.25) is 0 Å². The van der Waals surface area contributed by atoms with Crippen molar-refractivity contribution in [2.24, 2.45) is 0 Å². The number of amides is 1. The van der Waals surface area contributed by atoms with Gasteiger partial charge in [-0.1, -0.05) is 53.3 Å². The molecule has 184 valence electrons. The molecule has 2 aliphatic heterocycles. The maximum absolute atomic E-state index is 15.5. The molecule has 0 bridgehead atoms. The second-order valence-corrected chi connectivity index (χ2v) is 10.8. The third-order valence-electron chi connectivity index (χ3n) is 6.40. The Morgan fingerprint density at radius 3 is 2.62 bits per heavy atom. The first-order valence-corrected chi connectivity index (χ1v) is 13.0. The lowest BCUT2D eigenvalue weighted by Crippen LogP contribution is -2.55. The molecule has 10 heteroatoms. The summed E-state index contributed by atoms with van der Waals surface area (Å²) in [6.07, 6.45) is -0.0458. The molecule has 0 aliphatic carbocycles. The lowest BCUT2D eigenvalue weighted by molar-refractivity contribution is -0.143. The molecule has 2 aromatic carbocycles. The third-order valence-corrected chi connectivity index (χ3v) is 7.81. The second kappa shape index (κ2) is 9.77. The minimum Gasteiger partial charge on any atom is -0.368 e. The Morgan fingerprint density at radius 2 is 1.97 bits per heavy atom. The van der Waals surface area contributed by atoms with Gasteiger partial charge < -0.3 is 9.64 Å². The lowest BCUT2D eigenvalue weighted by Gasteiger charge is -2.29. The van der Waals surface area contributed by atoms with Crippen LogP contribution in [0.5, 0.6) is 0 Å².